The van der Waals surface area contributed by atoms with E-state index in [1.807, 2.05) is 31.3 Å². The van der Waals surface area contributed by atoms with Crippen LogP contribution >= 0.6 is 0 Å². The zero-order chi connectivity index (χ0) is 13.2. The van der Waals surface area contributed by atoms with Crippen molar-refractivity contribution in [3.8, 4) is 11.3 Å². The van der Waals surface area contributed by atoms with Crippen molar-refractivity contribution in [3.63, 3.8) is 0 Å². The van der Waals surface area contributed by atoms with Gasteiger partial charge >= 0.3 is 0 Å². The monoisotopic (exact) mass is 252 g/mol. The molecule has 0 saturated carbocycles. The first-order valence-corrected chi connectivity index (χ1v) is 6.39. The molecule has 3 rings (SSSR count). The Kier molecular flexibility index (Phi) is 3.01. The number of nitrogens with one attached hydrogen (secondary N) is 1. The van der Waals surface area contributed by atoms with Crippen LogP contribution in [0, 0.1) is 0 Å². The molecule has 2 heterocycles. The quantitative estimate of drug-likeness (QED) is 0.753. The number of hydrogen-bond donors (Lipinski definition) is 2. The molecule has 0 aliphatic heterocycles. The lowest BCUT2D eigenvalue weighted by molar-refractivity contribution is 0.713. The van der Waals surface area contributed by atoms with Gasteiger partial charge in [-0.05, 0) is 12.1 Å². The molecule has 1 atom stereocenters. The number of rotatable bonds is 3. The Morgan fingerprint density at radius 2 is 2.11 bits per heavy atom. The molecule has 4 heteroatoms. The Balaban J connectivity index is 2.11. The first-order valence-electron chi connectivity index (χ1n) is 6.39. The van der Waals surface area contributed by atoms with Gasteiger partial charge in [-0.1, -0.05) is 25.1 Å². The van der Waals surface area contributed by atoms with Crippen LogP contribution < -0.4 is 5.73 Å². The number of nitrogens with two attached hydrogens (primary N) is 1. The average molecular weight is 252 g/mol. The summed E-state index contributed by atoms with van der Waals surface area (Å²) in [5.41, 5.74) is 8.83. The Bertz CT molecular complexity index is 702. The number of aromatic nitrogens is 3. The molecular formula is C15H16N4. The zero-order valence-electron chi connectivity index (χ0n) is 10.8. The molecule has 2 aromatic heterocycles. The van der Waals surface area contributed by atoms with Crippen molar-refractivity contribution >= 4 is 10.9 Å². The SMILES string of the molecule is CC(CN)c1nccc(-c2c[nH]c3ccccc23)n1. The highest BCUT2D eigenvalue weighted by atomic mass is 14.9. The molecule has 0 spiro atoms. The molecule has 0 bridgehead atoms. The first-order chi connectivity index (χ1) is 9.29. The summed E-state index contributed by atoms with van der Waals surface area (Å²) < 4.78 is 0. The minimum absolute atomic E-state index is 0.171. The summed E-state index contributed by atoms with van der Waals surface area (Å²) in [6.07, 6.45) is 3.79. The second-order valence-electron chi connectivity index (χ2n) is 4.68. The van der Waals surface area contributed by atoms with E-state index in [1.165, 1.54) is 5.39 Å². The van der Waals surface area contributed by atoms with Crippen molar-refractivity contribution in [1.82, 2.24) is 15.0 Å². The lowest BCUT2D eigenvalue weighted by Crippen LogP contribution is -2.12. The molecule has 96 valence electrons. The third-order valence-corrected chi connectivity index (χ3v) is 3.33. The van der Waals surface area contributed by atoms with E-state index >= 15 is 0 Å². The molecule has 1 unspecified atom stereocenters. The van der Waals surface area contributed by atoms with Crippen LogP contribution in [-0.2, 0) is 0 Å². The largest absolute Gasteiger partial charge is 0.360 e. The number of fused-ring (bicyclic) bond motifs is 1. The molecule has 0 aliphatic carbocycles. The minimum atomic E-state index is 0.171. The number of hydrogen-bond acceptors (Lipinski definition) is 3. The van der Waals surface area contributed by atoms with Gasteiger partial charge in [-0.3, -0.25) is 0 Å². The van der Waals surface area contributed by atoms with Gasteiger partial charge in [-0.2, -0.15) is 0 Å². The highest BCUT2D eigenvalue weighted by Gasteiger charge is 2.11. The Morgan fingerprint density at radius 3 is 2.95 bits per heavy atom. The van der Waals surface area contributed by atoms with Gasteiger partial charge in [0, 0.05) is 41.3 Å². The molecule has 1 aromatic carbocycles. The molecule has 3 N–H and O–H groups in total. The second-order valence-corrected chi connectivity index (χ2v) is 4.68. The van der Waals surface area contributed by atoms with E-state index in [4.69, 9.17) is 5.73 Å². The maximum Gasteiger partial charge on any atom is 0.133 e. The van der Waals surface area contributed by atoms with Crippen LogP contribution in [0.2, 0.25) is 0 Å². The lowest BCUT2D eigenvalue weighted by Gasteiger charge is -2.08. The third kappa shape index (κ3) is 2.11. The van der Waals surface area contributed by atoms with E-state index < -0.39 is 0 Å². The predicted molar refractivity (Wildman–Crippen MR) is 76.8 cm³/mol. The van der Waals surface area contributed by atoms with Gasteiger partial charge in [0.1, 0.15) is 5.82 Å². The van der Waals surface area contributed by atoms with Crippen LogP contribution in [-0.4, -0.2) is 21.5 Å². The van der Waals surface area contributed by atoms with Crippen LogP contribution in [0.5, 0.6) is 0 Å². The fourth-order valence-electron chi connectivity index (χ4n) is 2.15. The van der Waals surface area contributed by atoms with E-state index in [0.29, 0.717) is 6.54 Å². The molecule has 0 aliphatic rings. The van der Waals surface area contributed by atoms with Crippen molar-refractivity contribution in [1.29, 1.82) is 0 Å². The Hall–Kier alpha value is -2.20. The first kappa shape index (κ1) is 11.9. The predicted octanol–water partition coefficient (Wildman–Crippen LogP) is 2.69. The van der Waals surface area contributed by atoms with Crippen molar-refractivity contribution in [2.75, 3.05) is 6.54 Å². The van der Waals surface area contributed by atoms with E-state index in [0.717, 1.165) is 22.6 Å². The number of aromatic amines is 1. The van der Waals surface area contributed by atoms with E-state index in [9.17, 15) is 0 Å². The van der Waals surface area contributed by atoms with Gasteiger partial charge in [0.25, 0.3) is 0 Å². The molecule has 0 amide bonds. The molecular weight excluding hydrogens is 236 g/mol. The molecule has 3 aromatic rings. The number of nitrogens with zero attached hydrogens (tertiary/aromatic N) is 2. The van der Waals surface area contributed by atoms with E-state index in [-0.39, 0.29) is 5.92 Å². The van der Waals surface area contributed by atoms with Crippen molar-refractivity contribution in [3.05, 3.63) is 48.5 Å². The van der Waals surface area contributed by atoms with Crippen LogP contribution in [0.1, 0.15) is 18.7 Å². The molecule has 0 fully saturated rings. The van der Waals surface area contributed by atoms with Gasteiger partial charge in [-0.25, -0.2) is 9.97 Å². The summed E-state index contributed by atoms with van der Waals surface area (Å²) >= 11 is 0. The molecule has 0 radical (unpaired) electrons. The molecule has 0 saturated heterocycles. The normalized spacial score (nSPS) is 12.7. The second kappa shape index (κ2) is 4.82. The van der Waals surface area contributed by atoms with Gasteiger partial charge in [0.05, 0.1) is 5.69 Å². The van der Waals surface area contributed by atoms with Gasteiger partial charge in [0.2, 0.25) is 0 Å². The fraction of sp³-hybridized carbons (Fsp3) is 0.200. The average Bonchev–Trinajstić information content (AvgIpc) is 2.90. The molecule has 4 nitrogen and oxygen atoms in total. The van der Waals surface area contributed by atoms with E-state index in [2.05, 4.69) is 27.1 Å². The van der Waals surface area contributed by atoms with Gasteiger partial charge in [-0.15, -0.1) is 0 Å². The van der Waals surface area contributed by atoms with Crippen LogP contribution in [0.3, 0.4) is 0 Å². The Morgan fingerprint density at radius 1 is 1.26 bits per heavy atom. The summed E-state index contributed by atoms with van der Waals surface area (Å²) in [7, 11) is 0. The number of H-pyrrole nitrogens is 1. The van der Waals surface area contributed by atoms with Gasteiger partial charge in [0.15, 0.2) is 0 Å². The third-order valence-electron chi connectivity index (χ3n) is 3.33. The molecule has 19 heavy (non-hydrogen) atoms. The summed E-state index contributed by atoms with van der Waals surface area (Å²) in [4.78, 5) is 12.2. The zero-order valence-corrected chi connectivity index (χ0v) is 10.8. The van der Waals surface area contributed by atoms with Crippen molar-refractivity contribution in [2.45, 2.75) is 12.8 Å². The topological polar surface area (TPSA) is 67.6 Å². The summed E-state index contributed by atoms with van der Waals surface area (Å²) in [5, 5.41) is 1.17. The van der Waals surface area contributed by atoms with Gasteiger partial charge < -0.3 is 10.7 Å². The summed E-state index contributed by atoms with van der Waals surface area (Å²) in [6.45, 7) is 2.59. The standard InChI is InChI=1S/C15H16N4/c1-10(8-16)15-17-7-6-14(19-15)12-9-18-13-5-3-2-4-11(12)13/h2-7,9-10,18H,8,16H2,1H3. The van der Waals surface area contributed by atoms with Crippen molar-refractivity contribution < 1.29 is 0 Å². The Labute approximate surface area is 111 Å². The highest BCUT2D eigenvalue weighted by Crippen LogP contribution is 2.27. The fourth-order valence-corrected chi connectivity index (χ4v) is 2.15. The number of para-hydroxylation sites is 1. The summed E-state index contributed by atoms with van der Waals surface area (Å²) in [6, 6.07) is 10.1. The van der Waals surface area contributed by atoms with Crippen molar-refractivity contribution in [2.24, 2.45) is 5.73 Å². The summed E-state index contributed by atoms with van der Waals surface area (Å²) in [5.74, 6) is 0.968. The van der Waals surface area contributed by atoms with Crippen LogP contribution in [0.4, 0.5) is 0 Å². The maximum atomic E-state index is 5.68. The number of benzene rings is 1. The maximum absolute atomic E-state index is 5.68. The van der Waals surface area contributed by atoms with Crippen LogP contribution in [0.15, 0.2) is 42.7 Å². The lowest BCUT2D eigenvalue weighted by atomic mass is 10.1. The van der Waals surface area contributed by atoms with Crippen LogP contribution in [0.25, 0.3) is 22.2 Å². The minimum Gasteiger partial charge on any atom is -0.360 e. The van der Waals surface area contributed by atoms with E-state index in [1.54, 1.807) is 6.20 Å². The highest BCUT2D eigenvalue weighted by molar-refractivity contribution is 5.94. The smallest absolute Gasteiger partial charge is 0.133 e.